The Labute approximate surface area is 119 Å². The van der Waals surface area contributed by atoms with E-state index in [4.69, 9.17) is 11.6 Å². The highest BCUT2D eigenvalue weighted by molar-refractivity contribution is 6.32. The van der Waals surface area contributed by atoms with Gasteiger partial charge >= 0.3 is 0 Å². The van der Waals surface area contributed by atoms with Gasteiger partial charge in [0.15, 0.2) is 11.0 Å². The lowest BCUT2D eigenvalue weighted by molar-refractivity contribution is 0.219. The highest BCUT2D eigenvalue weighted by atomic mass is 35.5. The normalized spacial score (nSPS) is 21.9. The maximum Gasteiger partial charge on any atom is 0.157 e. The van der Waals surface area contributed by atoms with Crippen LogP contribution in [-0.4, -0.2) is 30.1 Å². The molecule has 0 unspecified atom stereocenters. The van der Waals surface area contributed by atoms with Crippen LogP contribution in [0.25, 0.3) is 0 Å². The molecule has 1 saturated heterocycles. The summed E-state index contributed by atoms with van der Waals surface area (Å²) in [5, 5.41) is 3.64. The Morgan fingerprint density at radius 3 is 2.74 bits per heavy atom. The number of anilines is 2. The van der Waals surface area contributed by atoms with Crippen LogP contribution in [0, 0.1) is 5.41 Å². The molecule has 1 aromatic heterocycles. The lowest BCUT2D eigenvalue weighted by Gasteiger charge is -2.33. The third-order valence-corrected chi connectivity index (χ3v) is 4.97. The topological polar surface area (TPSA) is 41.1 Å². The molecule has 0 atom stereocenters. The summed E-state index contributed by atoms with van der Waals surface area (Å²) in [6, 6.07) is 0. The lowest BCUT2D eigenvalue weighted by Crippen LogP contribution is -2.30. The molecule has 5 heteroatoms. The Kier molecular flexibility index (Phi) is 3.52. The Bertz CT molecular complexity index is 457. The molecule has 1 spiro atoms. The quantitative estimate of drug-likeness (QED) is 0.844. The molecule has 104 valence electrons. The van der Waals surface area contributed by atoms with E-state index in [1.54, 1.807) is 6.33 Å². The highest BCUT2D eigenvalue weighted by Gasteiger charge is 2.39. The van der Waals surface area contributed by atoms with E-state index >= 15 is 0 Å². The van der Waals surface area contributed by atoms with Gasteiger partial charge in [-0.25, -0.2) is 9.97 Å². The lowest BCUT2D eigenvalue weighted by atomic mass is 9.73. The van der Waals surface area contributed by atoms with Crippen molar-refractivity contribution in [1.29, 1.82) is 0 Å². The molecule has 1 aromatic rings. The number of aromatic nitrogens is 2. The van der Waals surface area contributed by atoms with Crippen LogP contribution in [0.1, 0.15) is 38.5 Å². The zero-order valence-electron chi connectivity index (χ0n) is 11.5. The fourth-order valence-corrected chi connectivity index (χ4v) is 3.86. The minimum atomic E-state index is 0.511. The van der Waals surface area contributed by atoms with E-state index in [2.05, 4.69) is 20.2 Å². The van der Waals surface area contributed by atoms with Crippen molar-refractivity contribution in [2.45, 2.75) is 38.5 Å². The average Bonchev–Trinajstić information content (AvgIpc) is 2.83. The summed E-state index contributed by atoms with van der Waals surface area (Å²) in [7, 11) is 1.88. The van der Waals surface area contributed by atoms with Gasteiger partial charge in [-0.1, -0.05) is 30.9 Å². The molecule has 2 heterocycles. The van der Waals surface area contributed by atoms with Gasteiger partial charge in [0.2, 0.25) is 0 Å². The van der Waals surface area contributed by atoms with Gasteiger partial charge in [0, 0.05) is 20.1 Å². The Morgan fingerprint density at radius 1 is 1.21 bits per heavy atom. The number of hydrogen-bond acceptors (Lipinski definition) is 4. The van der Waals surface area contributed by atoms with Crippen molar-refractivity contribution in [2.24, 2.45) is 5.41 Å². The molecular weight excluding hydrogens is 260 g/mol. The largest absolute Gasteiger partial charge is 0.383 e. The number of nitrogens with one attached hydrogen (secondary N) is 1. The Hall–Kier alpha value is -1.03. The van der Waals surface area contributed by atoms with Gasteiger partial charge in [-0.2, -0.15) is 0 Å². The first kappa shape index (κ1) is 13.0. The summed E-state index contributed by atoms with van der Waals surface area (Å²) in [6.45, 7) is 2.21. The van der Waals surface area contributed by atoms with Crippen LogP contribution in [-0.2, 0) is 0 Å². The molecule has 0 radical (unpaired) electrons. The number of rotatable bonds is 2. The number of nitrogens with zero attached hydrogens (tertiary/aromatic N) is 3. The molecule has 1 saturated carbocycles. The molecular formula is C14H21ClN4. The van der Waals surface area contributed by atoms with Crippen molar-refractivity contribution in [3.8, 4) is 0 Å². The van der Waals surface area contributed by atoms with Crippen molar-refractivity contribution < 1.29 is 0 Å². The van der Waals surface area contributed by atoms with Crippen LogP contribution in [0.5, 0.6) is 0 Å². The molecule has 1 N–H and O–H groups in total. The summed E-state index contributed by atoms with van der Waals surface area (Å²) in [5.74, 6) is 0.963. The van der Waals surface area contributed by atoms with Crippen LogP contribution in [0.15, 0.2) is 6.33 Å². The summed E-state index contributed by atoms with van der Waals surface area (Å²) in [6.07, 6.45) is 9.77. The van der Waals surface area contributed by atoms with E-state index in [9.17, 15) is 0 Å². The summed E-state index contributed by atoms with van der Waals surface area (Å²) < 4.78 is 0. The first-order valence-corrected chi connectivity index (χ1v) is 7.55. The van der Waals surface area contributed by atoms with E-state index in [1.807, 2.05) is 7.05 Å². The van der Waals surface area contributed by atoms with E-state index < -0.39 is 0 Å². The first-order valence-electron chi connectivity index (χ1n) is 7.17. The fraction of sp³-hybridized carbons (Fsp3) is 0.714. The van der Waals surface area contributed by atoms with Gasteiger partial charge in [0.05, 0.1) is 0 Å². The zero-order chi connectivity index (χ0) is 13.3. The average molecular weight is 281 g/mol. The predicted octanol–water partition coefficient (Wildman–Crippen LogP) is 3.33. The van der Waals surface area contributed by atoms with E-state index in [-0.39, 0.29) is 0 Å². The summed E-state index contributed by atoms with van der Waals surface area (Å²) in [4.78, 5) is 10.9. The monoisotopic (exact) mass is 280 g/mol. The van der Waals surface area contributed by atoms with Crippen molar-refractivity contribution in [3.05, 3.63) is 11.5 Å². The predicted molar refractivity (Wildman–Crippen MR) is 78.9 cm³/mol. The summed E-state index contributed by atoms with van der Waals surface area (Å²) in [5.41, 5.74) is 1.39. The van der Waals surface area contributed by atoms with Crippen molar-refractivity contribution in [1.82, 2.24) is 9.97 Å². The van der Waals surface area contributed by atoms with Crippen LogP contribution < -0.4 is 10.2 Å². The Morgan fingerprint density at radius 2 is 2.00 bits per heavy atom. The van der Waals surface area contributed by atoms with Crippen molar-refractivity contribution >= 4 is 23.1 Å². The van der Waals surface area contributed by atoms with Crippen LogP contribution in [0.3, 0.4) is 0 Å². The second-order valence-electron chi connectivity index (χ2n) is 5.85. The minimum Gasteiger partial charge on any atom is -0.383 e. The number of halogens is 1. The summed E-state index contributed by atoms with van der Waals surface area (Å²) >= 11 is 6.14. The molecule has 1 aliphatic heterocycles. The van der Waals surface area contributed by atoms with Crippen LogP contribution >= 0.6 is 11.6 Å². The molecule has 3 rings (SSSR count). The molecule has 0 amide bonds. The van der Waals surface area contributed by atoms with Crippen LogP contribution in [0.2, 0.25) is 5.15 Å². The first-order chi connectivity index (χ1) is 9.24. The standard InChI is InChI=1S/C14H21ClN4/c1-16-11-12(15)17-10-18-13(11)19-8-7-14(9-19)5-3-2-4-6-14/h10,16H,2-9H2,1H3. The van der Waals surface area contributed by atoms with Gasteiger partial charge < -0.3 is 10.2 Å². The van der Waals surface area contributed by atoms with Crippen molar-refractivity contribution in [2.75, 3.05) is 30.4 Å². The molecule has 0 bridgehead atoms. The molecule has 4 nitrogen and oxygen atoms in total. The molecule has 2 aliphatic rings. The third-order valence-electron chi connectivity index (χ3n) is 4.68. The second-order valence-corrected chi connectivity index (χ2v) is 6.20. The van der Waals surface area contributed by atoms with E-state index in [1.165, 1.54) is 38.5 Å². The highest BCUT2D eigenvalue weighted by Crippen LogP contribution is 2.45. The number of hydrogen-bond donors (Lipinski definition) is 1. The van der Waals surface area contributed by atoms with Gasteiger partial charge in [-0.3, -0.25) is 0 Å². The smallest absolute Gasteiger partial charge is 0.157 e. The Balaban J connectivity index is 1.83. The second kappa shape index (κ2) is 5.16. The van der Waals surface area contributed by atoms with E-state index in [0.29, 0.717) is 10.6 Å². The van der Waals surface area contributed by atoms with Gasteiger partial charge in [-0.05, 0) is 24.7 Å². The minimum absolute atomic E-state index is 0.511. The SMILES string of the molecule is CNc1c(Cl)ncnc1N1CCC2(CCCCC2)C1. The van der Waals surface area contributed by atoms with Gasteiger partial charge in [-0.15, -0.1) is 0 Å². The molecule has 19 heavy (non-hydrogen) atoms. The zero-order valence-corrected chi connectivity index (χ0v) is 12.2. The molecule has 0 aromatic carbocycles. The molecule has 2 fully saturated rings. The van der Waals surface area contributed by atoms with Gasteiger partial charge in [0.1, 0.15) is 12.0 Å². The van der Waals surface area contributed by atoms with Crippen molar-refractivity contribution in [3.63, 3.8) is 0 Å². The van der Waals surface area contributed by atoms with E-state index in [0.717, 1.165) is 24.6 Å². The third kappa shape index (κ3) is 2.38. The molecule has 1 aliphatic carbocycles. The maximum absolute atomic E-state index is 6.14. The van der Waals surface area contributed by atoms with Crippen LogP contribution in [0.4, 0.5) is 11.5 Å². The van der Waals surface area contributed by atoms with Gasteiger partial charge in [0.25, 0.3) is 0 Å². The maximum atomic E-state index is 6.14. The fourth-order valence-electron chi connectivity index (χ4n) is 3.64.